The summed E-state index contributed by atoms with van der Waals surface area (Å²) in [5.41, 5.74) is 0. The molecule has 0 bridgehead atoms. The van der Waals surface area contributed by atoms with Crippen molar-refractivity contribution in [1.82, 2.24) is 0 Å². The Labute approximate surface area is 335 Å². The first kappa shape index (κ1) is 51.9. The minimum Gasteiger partial charge on any atom is -0.462 e. The Balaban J connectivity index is 4.05. The summed E-state index contributed by atoms with van der Waals surface area (Å²) in [6, 6.07) is 0. The number of rotatable bonds is 42. The third-order valence-corrected chi connectivity index (χ3v) is 9.88. The van der Waals surface area contributed by atoms with E-state index in [4.69, 9.17) is 14.2 Å². The second kappa shape index (κ2) is 45.3. The molecule has 0 aromatic rings. The van der Waals surface area contributed by atoms with Gasteiger partial charge in [-0.2, -0.15) is 0 Å². The van der Waals surface area contributed by atoms with Gasteiger partial charge in [0.15, 0.2) is 6.10 Å². The third-order valence-electron chi connectivity index (χ3n) is 9.88. The van der Waals surface area contributed by atoms with Crippen LogP contribution in [0.4, 0.5) is 0 Å². The second-order valence-corrected chi connectivity index (χ2v) is 15.3. The van der Waals surface area contributed by atoms with Crippen LogP contribution in [0.3, 0.4) is 0 Å². The van der Waals surface area contributed by atoms with Gasteiger partial charge in [0.1, 0.15) is 6.61 Å². The number of esters is 2. The Morgan fingerprint density at radius 1 is 0.426 bits per heavy atom. The Hall–Kier alpha value is -2.14. The van der Waals surface area contributed by atoms with Gasteiger partial charge in [-0.05, 0) is 57.8 Å². The summed E-state index contributed by atoms with van der Waals surface area (Å²) in [6.45, 7) is 7.65. The molecule has 1 atom stereocenters. The number of carbonyl (C=O) groups excluding carboxylic acids is 2. The van der Waals surface area contributed by atoms with E-state index in [1.165, 1.54) is 116 Å². The van der Waals surface area contributed by atoms with E-state index in [0.29, 0.717) is 19.4 Å². The van der Waals surface area contributed by atoms with Crippen molar-refractivity contribution in [3.05, 3.63) is 48.6 Å². The van der Waals surface area contributed by atoms with Gasteiger partial charge in [-0.3, -0.25) is 9.59 Å². The van der Waals surface area contributed by atoms with Gasteiger partial charge in [-0.1, -0.05) is 204 Å². The smallest absolute Gasteiger partial charge is 0.306 e. The molecule has 0 aromatic heterocycles. The summed E-state index contributed by atoms with van der Waals surface area (Å²) in [5.74, 6) is -0.420. The molecule has 0 heterocycles. The average Bonchev–Trinajstić information content (AvgIpc) is 3.17. The molecule has 0 aliphatic rings. The van der Waals surface area contributed by atoms with Crippen molar-refractivity contribution in [1.29, 1.82) is 0 Å². The molecule has 0 saturated heterocycles. The standard InChI is InChI=1S/C49H88O5/c1-4-7-10-13-15-17-19-21-23-24-25-26-27-28-30-32-34-37-39-42-48(50)53-46-47(54-49(51)43-40-36-12-9-6-3)45-52-44-41-38-35-33-31-29-22-20-18-16-14-11-8-5-2/h7,10,15,17,21,23,25-26,47H,4-6,8-9,11-14,16,18-20,22,24,27-46H2,1-3H3/b10-7-,17-15-,23-21-,26-25-. The van der Waals surface area contributed by atoms with E-state index in [9.17, 15) is 9.59 Å². The van der Waals surface area contributed by atoms with Gasteiger partial charge in [-0.15, -0.1) is 0 Å². The normalized spacial score (nSPS) is 12.6. The van der Waals surface area contributed by atoms with Crippen molar-refractivity contribution in [2.75, 3.05) is 19.8 Å². The van der Waals surface area contributed by atoms with Gasteiger partial charge in [0.2, 0.25) is 0 Å². The third kappa shape index (κ3) is 42.6. The highest BCUT2D eigenvalue weighted by Gasteiger charge is 2.17. The summed E-state index contributed by atoms with van der Waals surface area (Å²) in [7, 11) is 0. The zero-order valence-electron chi connectivity index (χ0n) is 36.0. The number of allylic oxidation sites excluding steroid dienone is 8. The van der Waals surface area contributed by atoms with E-state index in [1.54, 1.807) is 0 Å². The van der Waals surface area contributed by atoms with Gasteiger partial charge in [0.25, 0.3) is 0 Å². The molecule has 0 radical (unpaired) electrons. The van der Waals surface area contributed by atoms with Crippen LogP contribution in [0.2, 0.25) is 0 Å². The fraction of sp³-hybridized carbons (Fsp3) is 0.796. The zero-order valence-corrected chi connectivity index (χ0v) is 36.0. The van der Waals surface area contributed by atoms with E-state index in [-0.39, 0.29) is 25.2 Å². The summed E-state index contributed by atoms with van der Waals surface area (Å²) < 4.78 is 17.2. The van der Waals surface area contributed by atoms with E-state index < -0.39 is 6.10 Å². The molecule has 5 heteroatoms. The highest BCUT2D eigenvalue weighted by atomic mass is 16.6. The number of unbranched alkanes of at least 4 members (excludes halogenated alkanes) is 23. The summed E-state index contributed by atoms with van der Waals surface area (Å²) in [4.78, 5) is 25.0. The Kier molecular flexibility index (Phi) is 43.5. The molecule has 0 aromatic carbocycles. The van der Waals surface area contributed by atoms with Crippen LogP contribution in [0.5, 0.6) is 0 Å². The van der Waals surface area contributed by atoms with Gasteiger partial charge < -0.3 is 14.2 Å². The lowest BCUT2D eigenvalue weighted by Crippen LogP contribution is -2.30. The number of hydrogen-bond acceptors (Lipinski definition) is 5. The minimum atomic E-state index is -0.533. The lowest BCUT2D eigenvalue weighted by atomic mass is 10.0. The molecule has 0 amide bonds. The molecule has 0 N–H and O–H groups in total. The van der Waals surface area contributed by atoms with Crippen LogP contribution in [0, 0.1) is 0 Å². The molecule has 1 unspecified atom stereocenters. The lowest BCUT2D eigenvalue weighted by molar-refractivity contribution is -0.163. The Morgan fingerprint density at radius 3 is 1.33 bits per heavy atom. The molecule has 0 aliphatic heterocycles. The Morgan fingerprint density at radius 2 is 0.833 bits per heavy atom. The first-order valence-corrected chi connectivity index (χ1v) is 23.2. The van der Waals surface area contributed by atoms with E-state index >= 15 is 0 Å². The fourth-order valence-corrected chi connectivity index (χ4v) is 6.44. The fourth-order valence-electron chi connectivity index (χ4n) is 6.44. The van der Waals surface area contributed by atoms with Crippen LogP contribution in [0.15, 0.2) is 48.6 Å². The van der Waals surface area contributed by atoms with Crippen LogP contribution in [-0.4, -0.2) is 37.9 Å². The highest BCUT2D eigenvalue weighted by molar-refractivity contribution is 5.70. The average molecular weight is 757 g/mol. The lowest BCUT2D eigenvalue weighted by Gasteiger charge is -2.18. The van der Waals surface area contributed by atoms with Crippen molar-refractivity contribution in [3.63, 3.8) is 0 Å². The molecule has 0 spiro atoms. The highest BCUT2D eigenvalue weighted by Crippen LogP contribution is 2.14. The topological polar surface area (TPSA) is 61.8 Å². The number of hydrogen-bond donors (Lipinski definition) is 0. The quantitative estimate of drug-likeness (QED) is 0.0353. The van der Waals surface area contributed by atoms with E-state index in [2.05, 4.69) is 69.4 Å². The Bertz CT molecular complexity index is 904. The largest absolute Gasteiger partial charge is 0.462 e. The van der Waals surface area contributed by atoms with Crippen LogP contribution in [-0.2, 0) is 23.8 Å². The molecule has 314 valence electrons. The molecule has 5 nitrogen and oxygen atoms in total. The number of carbonyl (C=O) groups is 2. The van der Waals surface area contributed by atoms with Gasteiger partial charge in [-0.25, -0.2) is 0 Å². The van der Waals surface area contributed by atoms with Crippen molar-refractivity contribution in [2.45, 2.75) is 232 Å². The monoisotopic (exact) mass is 757 g/mol. The first-order valence-electron chi connectivity index (χ1n) is 23.2. The molecular formula is C49H88O5. The van der Waals surface area contributed by atoms with Gasteiger partial charge in [0, 0.05) is 19.4 Å². The second-order valence-electron chi connectivity index (χ2n) is 15.3. The van der Waals surface area contributed by atoms with E-state index in [0.717, 1.165) is 77.0 Å². The predicted molar refractivity (Wildman–Crippen MR) is 233 cm³/mol. The molecule has 0 saturated carbocycles. The maximum absolute atomic E-state index is 12.5. The molecule has 0 aliphatic carbocycles. The molecule has 54 heavy (non-hydrogen) atoms. The van der Waals surface area contributed by atoms with Crippen molar-refractivity contribution in [2.24, 2.45) is 0 Å². The molecular weight excluding hydrogens is 669 g/mol. The summed E-state index contributed by atoms with van der Waals surface area (Å²) in [5, 5.41) is 0. The van der Waals surface area contributed by atoms with Gasteiger partial charge in [0.05, 0.1) is 6.61 Å². The van der Waals surface area contributed by atoms with Crippen molar-refractivity contribution >= 4 is 11.9 Å². The number of ether oxygens (including phenoxy) is 3. The van der Waals surface area contributed by atoms with Crippen molar-refractivity contribution < 1.29 is 23.8 Å². The molecule has 0 rings (SSSR count). The summed E-state index contributed by atoms with van der Waals surface area (Å²) in [6.07, 6.45) is 54.2. The van der Waals surface area contributed by atoms with E-state index in [1.807, 2.05) is 0 Å². The van der Waals surface area contributed by atoms with Crippen molar-refractivity contribution in [3.8, 4) is 0 Å². The SMILES string of the molecule is CC/C=C\C/C=C\C/C=C\C/C=C\CCCCCCCCC(=O)OCC(COCCCCCCCCCCCCCCCC)OC(=O)CCCCCCC. The van der Waals surface area contributed by atoms with Gasteiger partial charge >= 0.3 is 11.9 Å². The van der Waals surface area contributed by atoms with Crippen LogP contribution in [0.1, 0.15) is 226 Å². The molecule has 0 fully saturated rings. The van der Waals surface area contributed by atoms with Crippen LogP contribution >= 0.6 is 0 Å². The summed E-state index contributed by atoms with van der Waals surface area (Å²) >= 11 is 0. The zero-order chi connectivity index (χ0) is 39.3. The maximum Gasteiger partial charge on any atom is 0.306 e. The first-order chi connectivity index (χ1) is 26.6. The van der Waals surface area contributed by atoms with Crippen LogP contribution < -0.4 is 0 Å². The van der Waals surface area contributed by atoms with Crippen LogP contribution in [0.25, 0.3) is 0 Å². The maximum atomic E-state index is 12.5. The predicted octanol–water partition coefficient (Wildman–Crippen LogP) is 15.2. The minimum absolute atomic E-state index is 0.0798.